The van der Waals surface area contributed by atoms with Crippen LogP contribution in [0.2, 0.25) is 5.02 Å². The number of nitrogens with two attached hydrogens (primary N) is 1. The Kier molecular flexibility index (Phi) is 3.54. The van der Waals surface area contributed by atoms with Crippen molar-refractivity contribution in [3.63, 3.8) is 0 Å². The Morgan fingerprint density at radius 2 is 1.94 bits per heavy atom. The highest BCUT2D eigenvalue weighted by atomic mass is 35.5. The zero-order chi connectivity index (χ0) is 11.4. The first-order valence-corrected chi connectivity index (χ1v) is 5.53. The van der Waals surface area contributed by atoms with Gasteiger partial charge in [-0.1, -0.05) is 23.7 Å². The van der Waals surface area contributed by atoms with Gasteiger partial charge in [0.25, 0.3) is 0 Å². The van der Waals surface area contributed by atoms with E-state index in [2.05, 4.69) is 4.98 Å². The number of nitrogens with zero attached hydrogens (tertiary/aromatic N) is 1. The topological polar surface area (TPSA) is 38.9 Å². The van der Waals surface area contributed by atoms with Gasteiger partial charge in [0.2, 0.25) is 0 Å². The highest BCUT2D eigenvalue weighted by Gasteiger charge is 2.07. The number of hydrogen-bond acceptors (Lipinski definition) is 2. The first-order valence-electron chi connectivity index (χ1n) is 5.15. The molecule has 0 aliphatic carbocycles. The van der Waals surface area contributed by atoms with Gasteiger partial charge in [0, 0.05) is 23.5 Å². The van der Waals surface area contributed by atoms with Gasteiger partial charge in [-0.3, -0.25) is 4.98 Å². The van der Waals surface area contributed by atoms with Crippen LogP contribution in [0.1, 0.15) is 17.2 Å². The fourth-order valence-corrected chi connectivity index (χ4v) is 1.83. The van der Waals surface area contributed by atoms with Crippen molar-refractivity contribution in [1.29, 1.82) is 0 Å². The molecule has 16 heavy (non-hydrogen) atoms. The summed E-state index contributed by atoms with van der Waals surface area (Å²) in [7, 11) is 0. The van der Waals surface area contributed by atoms with E-state index in [4.69, 9.17) is 17.3 Å². The average molecular weight is 233 g/mol. The molecule has 1 atom stereocenters. The molecular weight excluding hydrogens is 220 g/mol. The molecule has 3 heteroatoms. The minimum atomic E-state index is -0.0268. The summed E-state index contributed by atoms with van der Waals surface area (Å²) < 4.78 is 0. The van der Waals surface area contributed by atoms with Crippen molar-refractivity contribution in [1.82, 2.24) is 4.98 Å². The minimum Gasteiger partial charge on any atom is -0.324 e. The van der Waals surface area contributed by atoms with Crippen molar-refractivity contribution in [2.75, 3.05) is 0 Å². The van der Waals surface area contributed by atoms with Crippen LogP contribution in [0.15, 0.2) is 48.8 Å². The van der Waals surface area contributed by atoms with Crippen LogP contribution in [-0.2, 0) is 6.42 Å². The van der Waals surface area contributed by atoms with Gasteiger partial charge in [-0.2, -0.15) is 0 Å². The summed E-state index contributed by atoms with van der Waals surface area (Å²) in [5, 5.41) is 0.725. The maximum Gasteiger partial charge on any atom is 0.0409 e. The molecule has 82 valence electrons. The Morgan fingerprint density at radius 3 is 2.62 bits per heavy atom. The Hall–Kier alpha value is -1.38. The van der Waals surface area contributed by atoms with Crippen molar-refractivity contribution in [2.24, 2.45) is 5.73 Å². The second-order valence-electron chi connectivity index (χ2n) is 3.72. The van der Waals surface area contributed by atoms with Crippen molar-refractivity contribution in [3.8, 4) is 0 Å². The SMILES string of the molecule is NC(Cc1ccncc1)c1cccc(Cl)c1. The van der Waals surface area contributed by atoms with Crippen molar-refractivity contribution < 1.29 is 0 Å². The molecule has 0 saturated carbocycles. The zero-order valence-corrected chi connectivity index (χ0v) is 9.56. The highest BCUT2D eigenvalue weighted by Crippen LogP contribution is 2.19. The normalized spacial score (nSPS) is 12.4. The van der Waals surface area contributed by atoms with Crippen molar-refractivity contribution >= 4 is 11.6 Å². The van der Waals surface area contributed by atoms with E-state index >= 15 is 0 Å². The molecule has 2 nitrogen and oxygen atoms in total. The van der Waals surface area contributed by atoms with E-state index in [9.17, 15) is 0 Å². The van der Waals surface area contributed by atoms with Gasteiger partial charge >= 0.3 is 0 Å². The van der Waals surface area contributed by atoms with Crippen molar-refractivity contribution in [3.05, 3.63) is 64.9 Å². The fraction of sp³-hybridized carbons (Fsp3) is 0.154. The van der Waals surface area contributed by atoms with Gasteiger partial charge in [0.1, 0.15) is 0 Å². The van der Waals surface area contributed by atoms with Crippen molar-refractivity contribution in [2.45, 2.75) is 12.5 Å². The van der Waals surface area contributed by atoms with Crippen LogP contribution in [0.3, 0.4) is 0 Å². The van der Waals surface area contributed by atoms with Crippen LogP contribution in [0.25, 0.3) is 0 Å². The lowest BCUT2D eigenvalue weighted by atomic mass is 10.0. The summed E-state index contributed by atoms with van der Waals surface area (Å²) in [6, 6.07) is 11.6. The summed E-state index contributed by atoms with van der Waals surface area (Å²) in [4.78, 5) is 3.98. The summed E-state index contributed by atoms with van der Waals surface area (Å²) in [5.74, 6) is 0. The van der Waals surface area contributed by atoms with Gasteiger partial charge in [-0.05, 0) is 41.8 Å². The molecule has 1 aromatic carbocycles. The van der Waals surface area contributed by atoms with E-state index in [1.807, 2.05) is 36.4 Å². The molecule has 1 aromatic heterocycles. The number of pyridine rings is 1. The molecule has 1 unspecified atom stereocenters. The lowest BCUT2D eigenvalue weighted by Crippen LogP contribution is -2.13. The molecule has 2 N–H and O–H groups in total. The highest BCUT2D eigenvalue weighted by molar-refractivity contribution is 6.30. The number of benzene rings is 1. The molecular formula is C13H13ClN2. The third-order valence-electron chi connectivity index (χ3n) is 2.48. The van der Waals surface area contributed by atoms with Crippen LogP contribution >= 0.6 is 11.6 Å². The maximum absolute atomic E-state index is 6.12. The van der Waals surface area contributed by atoms with Crippen LogP contribution < -0.4 is 5.73 Å². The lowest BCUT2D eigenvalue weighted by Gasteiger charge is -2.12. The first-order chi connectivity index (χ1) is 7.75. The Morgan fingerprint density at radius 1 is 1.19 bits per heavy atom. The first kappa shape index (κ1) is 11.1. The second-order valence-corrected chi connectivity index (χ2v) is 4.16. The van der Waals surface area contributed by atoms with Crippen LogP contribution in [0.5, 0.6) is 0 Å². The molecule has 1 heterocycles. The Bertz CT molecular complexity index is 456. The smallest absolute Gasteiger partial charge is 0.0409 e. The Balaban J connectivity index is 2.12. The fourth-order valence-electron chi connectivity index (χ4n) is 1.63. The number of hydrogen-bond donors (Lipinski definition) is 1. The molecule has 0 spiro atoms. The minimum absolute atomic E-state index is 0.0268. The van der Waals surface area contributed by atoms with Gasteiger partial charge in [-0.25, -0.2) is 0 Å². The van der Waals surface area contributed by atoms with Crippen LogP contribution in [0, 0.1) is 0 Å². The van der Waals surface area contributed by atoms with Gasteiger partial charge in [0.05, 0.1) is 0 Å². The molecule has 2 aromatic rings. The molecule has 0 fully saturated rings. The molecule has 0 aliphatic heterocycles. The third kappa shape index (κ3) is 2.81. The molecule has 0 radical (unpaired) electrons. The van der Waals surface area contributed by atoms with Gasteiger partial charge in [0.15, 0.2) is 0 Å². The number of rotatable bonds is 3. The van der Waals surface area contributed by atoms with E-state index in [1.54, 1.807) is 12.4 Å². The average Bonchev–Trinajstić information content (AvgIpc) is 2.30. The van der Waals surface area contributed by atoms with Crippen LogP contribution in [0.4, 0.5) is 0 Å². The Labute approximate surface area is 100 Å². The summed E-state index contributed by atoms with van der Waals surface area (Å²) >= 11 is 5.93. The molecule has 2 rings (SSSR count). The molecule has 0 aliphatic rings. The van der Waals surface area contributed by atoms with E-state index in [1.165, 1.54) is 5.56 Å². The van der Waals surface area contributed by atoms with E-state index in [-0.39, 0.29) is 6.04 Å². The number of halogens is 1. The summed E-state index contributed by atoms with van der Waals surface area (Å²) in [6.07, 6.45) is 4.35. The largest absolute Gasteiger partial charge is 0.324 e. The van der Waals surface area contributed by atoms with Crippen LogP contribution in [-0.4, -0.2) is 4.98 Å². The third-order valence-corrected chi connectivity index (χ3v) is 2.72. The van der Waals surface area contributed by atoms with Gasteiger partial charge in [-0.15, -0.1) is 0 Å². The number of aromatic nitrogens is 1. The molecule has 0 amide bonds. The lowest BCUT2D eigenvalue weighted by molar-refractivity contribution is 0.721. The quantitative estimate of drug-likeness (QED) is 0.884. The monoisotopic (exact) mass is 232 g/mol. The second kappa shape index (κ2) is 5.10. The van der Waals surface area contributed by atoms with E-state index in [0.717, 1.165) is 17.0 Å². The predicted octanol–water partition coefficient (Wildman–Crippen LogP) is 2.98. The molecule has 0 bridgehead atoms. The summed E-state index contributed by atoms with van der Waals surface area (Å²) in [6.45, 7) is 0. The maximum atomic E-state index is 6.12. The zero-order valence-electron chi connectivity index (χ0n) is 8.81. The van der Waals surface area contributed by atoms with E-state index in [0.29, 0.717) is 0 Å². The van der Waals surface area contributed by atoms with Gasteiger partial charge < -0.3 is 5.73 Å². The predicted molar refractivity (Wildman–Crippen MR) is 66.3 cm³/mol. The van der Waals surface area contributed by atoms with E-state index < -0.39 is 0 Å². The molecule has 0 saturated heterocycles. The standard InChI is InChI=1S/C13H13ClN2/c14-12-3-1-2-11(9-12)13(15)8-10-4-6-16-7-5-10/h1-7,9,13H,8,15H2. The summed E-state index contributed by atoms with van der Waals surface area (Å²) in [5.41, 5.74) is 8.36.